The number of aryl methyl sites for hydroxylation is 2. The van der Waals surface area contributed by atoms with Crippen LogP contribution in [0.3, 0.4) is 0 Å². The van der Waals surface area contributed by atoms with Gasteiger partial charge in [-0.15, -0.1) is 0 Å². The number of benzene rings is 2. The summed E-state index contributed by atoms with van der Waals surface area (Å²) in [5.74, 6) is -3.16. The van der Waals surface area contributed by atoms with Gasteiger partial charge in [0.15, 0.2) is 0 Å². The molecule has 2 unspecified atom stereocenters. The molecular formula is C62H82N12O8. The van der Waals surface area contributed by atoms with E-state index >= 15 is 0 Å². The standard InChI is InChI=1S/C62H82N12O8/c1-35(63-9)53(75)71-51(61(3,4)5)59(81)73-33-41(29-49(73)57(79)69-45-23-15-19-37-17-11-13-21-43(37)45)67-55(77)39-25-27-47(65-31-39)48-28-26-40(32-66-48)56(78)68-42-30-50(58(80)70-46-24-16-20-38-18-12-14-22-44(38)46)74(34-42)60(82)52(62(6,7)8)72-54(76)36(2)64-10/h11-14,17-18,21-22,25-28,31-32,35-36,41-42,45-46,49-52,63-64H,15-16,19-20,23-24,29-30,33-34H2,1-10H3,(H,67,77)(H,68,78)(H,69,79)(H,70,80)(H,71,75)(H,72,76)/t35-,36-,41-,42-,45+,46?,49?,50-,51+,52+/m0/s1. The molecule has 0 radical (unpaired) electrons. The molecule has 10 atom stereocenters. The first-order valence-electron chi connectivity index (χ1n) is 28.8. The van der Waals surface area contributed by atoms with Crippen molar-refractivity contribution in [3.8, 4) is 11.4 Å². The fourth-order valence-corrected chi connectivity index (χ4v) is 11.5. The summed E-state index contributed by atoms with van der Waals surface area (Å²) in [7, 11) is 3.32. The number of likely N-dealkylation sites (N-methyl/N-ethyl adjacent to an activating group) is 2. The number of rotatable bonds is 17. The molecule has 0 saturated carbocycles. The molecule has 0 spiro atoms. The summed E-state index contributed by atoms with van der Waals surface area (Å²) in [5.41, 5.74) is 4.30. The summed E-state index contributed by atoms with van der Waals surface area (Å²) in [4.78, 5) is 124. The predicted octanol–water partition coefficient (Wildman–Crippen LogP) is 4.21. The minimum atomic E-state index is -0.972. The van der Waals surface area contributed by atoms with E-state index in [0.717, 1.165) is 49.7 Å². The van der Waals surface area contributed by atoms with Gasteiger partial charge in [0.1, 0.15) is 24.2 Å². The Morgan fingerprint density at radius 1 is 0.524 bits per heavy atom. The summed E-state index contributed by atoms with van der Waals surface area (Å²) in [6.45, 7) is 14.6. The Kier molecular flexibility index (Phi) is 19.0. The Labute approximate surface area is 481 Å². The highest BCUT2D eigenvalue weighted by Crippen LogP contribution is 2.34. The third kappa shape index (κ3) is 14.0. The molecule has 82 heavy (non-hydrogen) atoms. The zero-order valence-corrected chi connectivity index (χ0v) is 49.0. The molecule has 2 aliphatic carbocycles. The van der Waals surface area contributed by atoms with Gasteiger partial charge in [-0.25, -0.2) is 0 Å². The third-order valence-corrected chi connectivity index (χ3v) is 16.6. The van der Waals surface area contributed by atoms with Crippen LogP contribution in [0.4, 0.5) is 0 Å². The van der Waals surface area contributed by atoms with Gasteiger partial charge in [-0.05, 0) is 137 Å². The number of amides is 8. The van der Waals surface area contributed by atoms with Crippen LogP contribution >= 0.6 is 0 Å². The van der Waals surface area contributed by atoms with Gasteiger partial charge in [0.05, 0.1) is 46.7 Å². The second kappa shape index (κ2) is 25.7. The second-order valence-corrected chi connectivity index (χ2v) is 24.6. The van der Waals surface area contributed by atoms with E-state index in [2.05, 4.69) is 64.6 Å². The lowest BCUT2D eigenvalue weighted by Crippen LogP contribution is -2.59. The van der Waals surface area contributed by atoms with Crippen LogP contribution in [0.25, 0.3) is 11.4 Å². The molecule has 8 rings (SSSR count). The monoisotopic (exact) mass is 1120 g/mol. The number of hydrogen-bond acceptors (Lipinski definition) is 12. The van der Waals surface area contributed by atoms with Crippen molar-refractivity contribution >= 4 is 47.3 Å². The molecule has 2 fully saturated rings. The van der Waals surface area contributed by atoms with Crippen molar-refractivity contribution in [2.45, 2.75) is 167 Å². The minimum Gasteiger partial charge on any atom is -0.347 e. The van der Waals surface area contributed by atoms with Gasteiger partial charge in [-0.2, -0.15) is 0 Å². The number of pyridine rings is 2. The number of carbonyl (C=O) groups excluding carboxylic acids is 8. The Bertz CT molecular complexity index is 2810. The van der Waals surface area contributed by atoms with Crippen molar-refractivity contribution < 1.29 is 38.4 Å². The van der Waals surface area contributed by atoms with Crippen LogP contribution in [-0.4, -0.2) is 143 Å². The fraction of sp³-hybridized carbons (Fsp3) is 0.516. The molecule has 2 aliphatic heterocycles. The Hall–Kier alpha value is -7.58. The van der Waals surface area contributed by atoms with Gasteiger partial charge < -0.3 is 52.3 Å². The molecule has 20 heteroatoms. The van der Waals surface area contributed by atoms with Crippen LogP contribution in [0.15, 0.2) is 85.2 Å². The van der Waals surface area contributed by atoms with Crippen molar-refractivity contribution in [2.24, 2.45) is 10.8 Å². The highest BCUT2D eigenvalue weighted by atomic mass is 16.2. The van der Waals surface area contributed by atoms with Crippen LogP contribution in [-0.2, 0) is 41.6 Å². The first kappa shape index (κ1) is 60.5. The summed E-state index contributed by atoms with van der Waals surface area (Å²) in [6.07, 6.45) is 8.21. The Morgan fingerprint density at radius 2 is 0.902 bits per heavy atom. The summed E-state index contributed by atoms with van der Waals surface area (Å²) in [6, 6.07) is 15.8. The second-order valence-electron chi connectivity index (χ2n) is 24.6. The molecule has 4 aliphatic rings. The largest absolute Gasteiger partial charge is 0.347 e. The first-order valence-corrected chi connectivity index (χ1v) is 28.8. The minimum absolute atomic E-state index is 0.0279. The number of nitrogens with zero attached hydrogens (tertiary/aromatic N) is 4. The molecule has 2 aromatic heterocycles. The number of carbonyl (C=O) groups is 8. The van der Waals surface area contributed by atoms with E-state index in [9.17, 15) is 38.4 Å². The van der Waals surface area contributed by atoms with E-state index in [1.165, 1.54) is 33.3 Å². The van der Waals surface area contributed by atoms with E-state index in [-0.39, 0.29) is 72.8 Å². The van der Waals surface area contributed by atoms with Gasteiger partial charge in [0.25, 0.3) is 11.8 Å². The average Bonchev–Trinajstić information content (AvgIpc) is 4.28. The van der Waals surface area contributed by atoms with Crippen molar-refractivity contribution in [3.63, 3.8) is 0 Å². The lowest BCUT2D eigenvalue weighted by Gasteiger charge is -2.36. The van der Waals surface area contributed by atoms with Crippen LogP contribution in [0, 0.1) is 10.8 Å². The highest BCUT2D eigenvalue weighted by Gasteiger charge is 2.48. The maximum Gasteiger partial charge on any atom is 0.253 e. The normalized spacial score (nSPS) is 22.0. The molecule has 2 saturated heterocycles. The van der Waals surface area contributed by atoms with Crippen molar-refractivity contribution in [1.82, 2.24) is 62.3 Å². The van der Waals surface area contributed by atoms with Crippen LogP contribution < -0.4 is 42.5 Å². The van der Waals surface area contributed by atoms with Crippen LogP contribution in [0.1, 0.15) is 149 Å². The van der Waals surface area contributed by atoms with Gasteiger partial charge in [0.2, 0.25) is 35.4 Å². The molecule has 4 heterocycles. The predicted molar refractivity (Wildman–Crippen MR) is 311 cm³/mol. The Balaban J connectivity index is 0.937. The maximum absolute atomic E-state index is 14.6. The number of hydrogen-bond donors (Lipinski definition) is 8. The SMILES string of the molecule is CN[C@@H](C)C(=O)N[C@H](C(=O)N1C[C@@H](NC(=O)c2ccc(-c3ccc(C(=O)N[C@H]4C[C@@H](C(=O)NC5CCCc6ccccc65)N(C(=O)[C@@H](NC(=O)[C@H](C)NC)C(C)(C)C)C4)cn3)nc2)CC1C(=O)N[C@@H]1CCCc2ccccc21)C(C)(C)C. The lowest BCUT2D eigenvalue weighted by atomic mass is 9.85. The van der Waals surface area contributed by atoms with E-state index in [0.29, 0.717) is 11.4 Å². The van der Waals surface area contributed by atoms with E-state index in [1.807, 2.05) is 77.9 Å². The van der Waals surface area contributed by atoms with Crippen molar-refractivity contribution in [2.75, 3.05) is 27.2 Å². The summed E-state index contributed by atoms with van der Waals surface area (Å²) in [5, 5.41) is 24.2. The fourth-order valence-electron chi connectivity index (χ4n) is 11.5. The summed E-state index contributed by atoms with van der Waals surface area (Å²) < 4.78 is 0. The number of nitrogens with one attached hydrogen (secondary N) is 8. The van der Waals surface area contributed by atoms with Crippen molar-refractivity contribution in [1.29, 1.82) is 0 Å². The van der Waals surface area contributed by atoms with Crippen molar-refractivity contribution in [3.05, 3.63) is 119 Å². The third-order valence-electron chi connectivity index (χ3n) is 16.6. The number of likely N-dealkylation sites (tertiary alicyclic amines) is 2. The van der Waals surface area contributed by atoms with Gasteiger partial charge in [-0.3, -0.25) is 48.3 Å². The van der Waals surface area contributed by atoms with Gasteiger partial charge in [-0.1, -0.05) is 90.1 Å². The molecular weight excluding hydrogens is 1040 g/mol. The topological polar surface area (TPSA) is 265 Å². The average molecular weight is 1120 g/mol. The number of aromatic nitrogens is 2. The first-order chi connectivity index (χ1) is 38.9. The Morgan fingerprint density at radius 3 is 1.24 bits per heavy atom. The van der Waals surface area contributed by atoms with E-state index in [1.54, 1.807) is 52.2 Å². The van der Waals surface area contributed by atoms with Gasteiger partial charge >= 0.3 is 0 Å². The van der Waals surface area contributed by atoms with Crippen LogP contribution in [0.2, 0.25) is 0 Å². The maximum atomic E-state index is 14.6. The van der Waals surface area contributed by atoms with E-state index < -0.39 is 82.8 Å². The van der Waals surface area contributed by atoms with Gasteiger partial charge in [0, 0.05) is 37.6 Å². The molecule has 438 valence electrons. The van der Waals surface area contributed by atoms with Crippen LogP contribution in [0.5, 0.6) is 0 Å². The molecule has 8 N–H and O–H groups in total. The highest BCUT2D eigenvalue weighted by molar-refractivity contribution is 5.98. The number of fused-ring (bicyclic) bond motifs is 2. The zero-order chi connectivity index (χ0) is 59.2. The zero-order valence-electron chi connectivity index (χ0n) is 49.0. The molecule has 4 aromatic rings. The molecule has 8 amide bonds. The molecule has 20 nitrogen and oxygen atoms in total. The van der Waals surface area contributed by atoms with E-state index in [4.69, 9.17) is 0 Å². The quantitative estimate of drug-likeness (QED) is 0.0740. The molecule has 2 aromatic carbocycles. The molecule has 0 bridgehead atoms. The lowest BCUT2D eigenvalue weighted by molar-refractivity contribution is -0.144. The smallest absolute Gasteiger partial charge is 0.253 e. The summed E-state index contributed by atoms with van der Waals surface area (Å²) >= 11 is 0.